The second kappa shape index (κ2) is 6.75. The molecule has 2 rings (SSSR count). The zero-order valence-corrected chi connectivity index (χ0v) is 11.1. The summed E-state index contributed by atoms with van der Waals surface area (Å²) in [6, 6.07) is 0. The number of hydrogen-bond donors (Lipinski definition) is 1. The largest absolute Gasteiger partial charge is 0.479 e. The third-order valence-corrected chi connectivity index (χ3v) is 2.34. The van der Waals surface area contributed by atoms with Crippen LogP contribution in [0, 0.1) is 5.82 Å². The highest BCUT2D eigenvalue weighted by Gasteiger charge is 2.09. The van der Waals surface area contributed by atoms with E-state index in [1.807, 2.05) is 0 Å². The van der Waals surface area contributed by atoms with Gasteiger partial charge in [0.15, 0.2) is 5.82 Å². The summed E-state index contributed by atoms with van der Waals surface area (Å²) in [5, 5.41) is 6.62. The van der Waals surface area contributed by atoms with Crippen LogP contribution >= 0.6 is 0 Å². The Morgan fingerprint density at radius 3 is 2.95 bits per heavy atom. The lowest BCUT2D eigenvalue weighted by Gasteiger charge is -2.04. The maximum Gasteiger partial charge on any atom is 0.255 e. The molecule has 9 heteroatoms. The smallest absolute Gasteiger partial charge is 0.255 e. The van der Waals surface area contributed by atoms with Crippen molar-refractivity contribution in [3.8, 4) is 5.88 Å². The van der Waals surface area contributed by atoms with Crippen molar-refractivity contribution in [2.45, 2.75) is 13.0 Å². The maximum absolute atomic E-state index is 13.1. The third kappa shape index (κ3) is 3.60. The summed E-state index contributed by atoms with van der Waals surface area (Å²) in [7, 11) is 2.93. The van der Waals surface area contributed by atoms with Gasteiger partial charge >= 0.3 is 0 Å². The number of nitrogens with zero attached hydrogens (tertiary/aromatic N) is 4. The second-order valence-corrected chi connectivity index (χ2v) is 3.75. The van der Waals surface area contributed by atoms with Gasteiger partial charge in [0.1, 0.15) is 0 Å². The highest BCUT2D eigenvalue weighted by molar-refractivity contribution is 5.28. The summed E-state index contributed by atoms with van der Waals surface area (Å²) in [5.74, 6) is 0.385. The normalized spacial score (nSPS) is 10.6. The molecule has 0 amide bonds. The molecular formula is C11H14FN5O3. The molecule has 2 aromatic rings. The Morgan fingerprint density at radius 1 is 1.35 bits per heavy atom. The van der Waals surface area contributed by atoms with Gasteiger partial charge in [-0.05, 0) is 0 Å². The first kappa shape index (κ1) is 14.1. The van der Waals surface area contributed by atoms with Crippen molar-refractivity contribution in [2.75, 3.05) is 26.1 Å². The van der Waals surface area contributed by atoms with E-state index in [0.29, 0.717) is 24.7 Å². The van der Waals surface area contributed by atoms with E-state index in [-0.39, 0.29) is 18.4 Å². The van der Waals surface area contributed by atoms with Gasteiger partial charge in [-0.2, -0.15) is 14.4 Å². The lowest BCUT2D eigenvalue weighted by molar-refractivity contribution is 0.199. The SMILES string of the molecule is COCCc1noc(CNc2ncc(F)c(OC)n2)n1. The number of nitrogens with one attached hydrogen (secondary N) is 1. The molecule has 1 N–H and O–H groups in total. The van der Waals surface area contributed by atoms with Crippen molar-refractivity contribution < 1.29 is 18.4 Å². The summed E-state index contributed by atoms with van der Waals surface area (Å²) in [6.45, 7) is 0.749. The molecule has 0 fully saturated rings. The van der Waals surface area contributed by atoms with E-state index < -0.39 is 5.82 Å². The van der Waals surface area contributed by atoms with E-state index in [9.17, 15) is 4.39 Å². The van der Waals surface area contributed by atoms with E-state index in [1.165, 1.54) is 7.11 Å². The molecule has 0 aromatic carbocycles. The summed E-state index contributed by atoms with van der Waals surface area (Å²) in [6.07, 6.45) is 1.59. The maximum atomic E-state index is 13.1. The van der Waals surface area contributed by atoms with Crippen LogP contribution in [0.25, 0.3) is 0 Å². The standard InChI is InChI=1S/C11H14FN5O3/c1-18-4-3-8-15-9(20-17-8)6-14-11-13-5-7(12)10(16-11)19-2/h5H,3-4,6H2,1-2H3,(H,13,14,16). The predicted molar refractivity (Wildman–Crippen MR) is 65.7 cm³/mol. The van der Waals surface area contributed by atoms with Crippen LogP contribution in [0.1, 0.15) is 11.7 Å². The van der Waals surface area contributed by atoms with E-state index in [0.717, 1.165) is 6.20 Å². The molecule has 0 spiro atoms. The molecule has 0 unspecified atom stereocenters. The Bertz CT molecular complexity index is 563. The van der Waals surface area contributed by atoms with E-state index in [2.05, 4.69) is 25.4 Å². The van der Waals surface area contributed by atoms with Gasteiger partial charge in [0.05, 0.1) is 26.5 Å². The van der Waals surface area contributed by atoms with Crippen LogP contribution in [-0.4, -0.2) is 40.9 Å². The minimum atomic E-state index is -0.627. The molecule has 0 atom stereocenters. The number of aromatic nitrogens is 4. The first-order valence-corrected chi connectivity index (χ1v) is 5.83. The van der Waals surface area contributed by atoms with Gasteiger partial charge in [-0.1, -0.05) is 5.16 Å². The van der Waals surface area contributed by atoms with E-state index >= 15 is 0 Å². The predicted octanol–water partition coefficient (Wildman–Crippen LogP) is 0.808. The number of hydrogen-bond acceptors (Lipinski definition) is 8. The fourth-order valence-electron chi connectivity index (χ4n) is 1.39. The van der Waals surface area contributed by atoms with Crippen LogP contribution in [0.5, 0.6) is 5.88 Å². The summed E-state index contributed by atoms with van der Waals surface area (Å²) in [5.41, 5.74) is 0. The van der Waals surface area contributed by atoms with Gasteiger partial charge in [0.2, 0.25) is 17.7 Å². The molecule has 8 nitrogen and oxygen atoms in total. The topological polar surface area (TPSA) is 95.2 Å². The molecule has 0 saturated carbocycles. The Kier molecular flexibility index (Phi) is 4.77. The molecule has 0 aliphatic heterocycles. The van der Waals surface area contributed by atoms with Crippen molar-refractivity contribution in [3.63, 3.8) is 0 Å². The molecule has 2 heterocycles. The van der Waals surface area contributed by atoms with Crippen LogP contribution in [-0.2, 0) is 17.7 Å². The van der Waals surface area contributed by atoms with Gasteiger partial charge in [-0.25, -0.2) is 4.98 Å². The zero-order chi connectivity index (χ0) is 14.4. The summed E-state index contributed by atoms with van der Waals surface area (Å²) >= 11 is 0. The number of anilines is 1. The van der Waals surface area contributed by atoms with Gasteiger partial charge in [0, 0.05) is 13.5 Å². The third-order valence-electron chi connectivity index (χ3n) is 2.34. The number of methoxy groups -OCH3 is 2. The van der Waals surface area contributed by atoms with Crippen LogP contribution in [0.3, 0.4) is 0 Å². The Balaban J connectivity index is 1.93. The van der Waals surface area contributed by atoms with Gasteiger partial charge in [-0.3, -0.25) is 0 Å². The molecule has 108 valence electrons. The van der Waals surface area contributed by atoms with E-state index in [1.54, 1.807) is 7.11 Å². The fourth-order valence-corrected chi connectivity index (χ4v) is 1.39. The van der Waals surface area contributed by atoms with Crippen molar-refractivity contribution in [1.29, 1.82) is 0 Å². The van der Waals surface area contributed by atoms with Crippen molar-refractivity contribution in [1.82, 2.24) is 20.1 Å². The summed E-state index contributed by atoms with van der Waals surface area (Å²) in [4.78, 5) is 11.7. The first-order chi connectivity index (χ1) is 9.72. The summed E-state index contributed by atoms with van der Waals surface area (Å²) < 4.78 is 27.8. The zero-order valence-electron chi connectivity index (χ0n) is 11.1. The quantitative estimate of drug-likeness (QED) is 0.797. The Labute approximate surface area is 114 Å². The first-order valence-electron chi connectivity index (χ1n) is 5.83. The molecule has 0 saturated heterocycles. The lowest BCUT2D eigenvalue weighted by atomic mass is 10.4. The average Bonchev–Trinajstić information content (AvgIpc) is 2.92. The van der Waals surface area contributed by atoms with Gasteiger partial charge in [-0.15, -0.1) is 0 Å². The van der Waals surface area contributed by atoms with Crippen molar-refractivity contribution in [3.05, 3.63) is 23.7 Å². The van der Waals surface area contributed by atoms with Crippen molar-refractivity contribution in [2.24, 2.45) is 0 Å². The van der Waals surface area contributed by atoms with Crippen molar-refractivity contribution >= 4 is 5.95 Å². The second-order valence-electron chi connectivity index (χ2n) is 3.75. The fraction of sp³-hybridized carbons (Fsp3) is 0.455. The molecule has 0 radical (unpaired) electrons. The van der Waals surface area contributed by atoms with Crippen LogP contribution < -0.4 is 10.1 Å². The van der Waals surface area contributed by atoms with Gasteiger partial charge < -0.3 is 19.3 Å². The highest BCUT2D eigenvalue weighted by Crippen LogP contribution is 2.13. The van der Waals surface area contributed by atoms with Crippen LogP contribution in [0.2, 0.25) is 0 Å². The lowest BCUT2D eigenvalue weighted by Crippen LogP contribution is -2.06. The molecule has 0 aliphatic rings. The van der Waals surface area contributed by atoms with Crippen LogP contribution in [0.15, 0.2) is 10.7 Å². The number of ether oxygens (including phenoxy) is 2. The molecule has 20 heavy (non-hydrogen) atoms. The number of halogens is 1. The van der Waals surface area contributed by atoms with Gasteiger partial charge in [0.25, 0.3) is 5.88 Å². The number of rotatable bonds is 7. The molecule has 2 aromatic heterocycles. The minimum Gasteiger partial charge on any atom is -0.479 e. The average molecular weight is 283 g/mol. The monoisotopic (exact) mass is 283 g/mol. The molecule has 0 aliphatic carbocycles. The van der Waals surface area contributed by atoms with E-state index in [4.69, 9.17) is 14.0 Å². The van der Waals surface area contributed by atoms with Crippen LogP contribution in [0.4, 0.5) is 10.3 Å². The molecular weight excluding hydrogens is 269 g/mol. The Morgan fingerprint density at radius 2 is 2.20 bits per heavy atom. The minimum absolute atomic E-state index is 0.131. The highest BCUT2D eigenvalue weighted by atomic mass is 19.1. The molecule has 0 bridgehead atoms. The Hall–Kier alpha value is -2.29.